The maximum atomic E-state index is 11.8. The number of carbonyl (C=O) groups excluding carboxylic acids is 1. The number of hydrogen-bond donors (Lipinski definition) is 0. The molecule has 1 aromatic carbocycles. The number of ether oxygens (including phenoxy) is 1. The van der Waals surface area contributed by atoms with Crippen molar-refractivity contribution in [2.24, 2.45) is 0 Å². The number of hydrogen-bond acceptors (Lipinski definition) is 2. The van der Waals surface area contributed by atoms with E-state index in [1.807, 2.05) is 0 Å². The summed E-state index contributed by atoms with van der Waals surface area (Å²) in [5.74, 6) is -0.265. The molecule has 0 aliphatic heterocycles. The fourth-order valence-electron chi connectivity index (χ4n) is 1.92. The molecule has 1 aliphatic carbocycles. The van der Waals surface area contributed by atoms with Gasteiger partial charge in [0.05, 0.1) is 5.56 Å². The molecule has 1 fully saturated rings. The topological polar surface area (TPSA) is 26.3 Å². The highest BCUT2D eigenvalue weighted by Gasteiger charge is 2.20. The first-order chi connectivity index (χ1) is 8.15. The fourth-order valence-corrected chi connectivity index (χ4v) is 2.05. The molecule has 3 heteroatoms. The summed E-state index contributed by atoms with van der Waals surface area (Å²) in [6, 6.07) is 6.76. The Morgan fingerprint density at radius 1 is 1.24 bits per heavy atom. The summed E-state index contributed by atoms with van der Waals surface area (Å²) in [5.41, 5.74) is 1.81. The van der Waals surface area contributed by atoms with Crippen molar-refractivity contribution in [3.8, 4) is 0 Å². The number of carbonyl (C=O) groups is 1. The summed E-state index contributed by atoms with van der Waals surface area (Å²) >= 11 is 5.76. The maximum absolute atomic E-state index is 11.8. The third-order valence-electron chi connectivity index (χ3n) is 2.99. The van der Waals surface area contributed by atoms with Crippen LogP contribution in [0.25, 0.3) is 0 Å². The molecule has 0 saturated heterocycles. The van der Waals surface area contributed by atoms with Crippen LogP contribution in [0, 0.1) is 0 Å². The lowest BCUT2D eigenvalue weighted by Gasteiger charge is -2.23. The summed E-state index contributed by atoms with van der Waals surface area (Å²) in [4.78, 5) is 11.8. The number of esters is 1. The normalized spacial score (nSPS) is 16.9. The Kier molecular flexibility index (Phi) is 3.85. The van der Waals surface area contributed by atoms with Crippen LogP contribution in [-0.4, -0.2) is 12.1 Å². The molecule has 1 aromatic rings. The summed E-state index contributed by atoms with van der Waals surface area (Å²) < 4.78 is 5.44. The van der Waals surface area contributed by atoms with Crippen LogP contribution >= 0.6 is 11.6 Å². The molecule has 0 bridgehead atoms. The van der Waals surface area contributed by atoms with E-state index in [4.69, 9.17) is 16.3 Å². The summed E-state index contributed by atoms with van der Waals surface area (Å²) in [6.07, 6.45) is 3.72. The average molecular weight is 251 g/mol. The third kappa shape index (κ3) is 3.34. The van der Waals surface area contributed by atoms with E-state index < -0.39 is 0 Å². The van der Waals surface area contributed by atoms with Gasteiger partial charge in [-0.05, 0) is 49.9 Å². The van der Waals surface area contributed by atoms with Crippen LogP contribution in [0.4, 0.5) is 0 Å². The molecule has 1 aliphatic rings. The van der Waals surface area contributed by atoms with Crippen LogP contribution in [0.5, 0.6) is 0 Å². The number of rotatable bonds is 2. The van der Waals surface area contributed by atoms with E-state index >= 15 is 0 Å². The highest BCUT2D eigenvalue weighted by atomic mass is 35.5. The summed E-state index contributed by atoms with van der Waals surface area (Å²) in [7, 11) is 0. The van der Waals surface area contributed by atoms with Gasteiger partial charge in [0.2, 0.25) is 0 Å². The molecule has 1 saturated carbocycles. The SMILES string of the molecule is C=C1CCC(OC(=O)c2ccc(Cl)cc2)CC1. The zero-order valence-electron chi connectivity index (χ0n) is 9.62. The van der Waals surface area contributed by atoms with Gasteiger partial charge in [-0.2, -0.15) is 0 Å². The zero-order valence-corrected chi connectivity index (χ0v) is 10.4. The van der Waals surface area contributed by atoms with E-state index in [1.165, 1.54) is 5.57 Å². The summed E-state index contributed by atoms with van der Waals surface area (Å²) in [6.45, 7) is 3.94. The Hall–Kier alpha value is -1.28. The molecular weight excluding hydrogens is 236 g/mol. The molecular formula is C14H15ClO2. The molecule has 90 valence electrons. The Morgan fingerprint density at radius 2 is 1.82 bits per heavy atom. The maximum Gasteiger partial charge on any atom is 0.338 e. The van der Waals surface area contributed by atoms with Crippen molar-refractivity contribution in [3.63, 3.8) is 0 Å². The lowest BCUT2D eigenvalue weighted by Crippen LogP contribution is -2.21. The highest BCUT2D eigenvalue weighted by molar-refractivity contribution is 6.30. The van der Waals surface area contributed by atoms with Gasteiger partial charge < -0.3 is 4.74 Å². The van der Waals surface area contributed by atoms with E-state index in [9.17, 15) is 4.79 Å². The summed E-state index contributed by atoms with van der Waals surface area (Å²) in [5, 5.41) is 0.621. The van der Waals surface area contributed by atoms with E-state index in [-0.39, 0.29) is 12.1 Å². The lowest BCUT2D eigenvalue weighted by molar-refractivity contribution is 0.0239. The van der Waals surface area contributed by atoms with Gasteiger partial charge in [-0.25, -0.2) is 4.79 Å². The Bertz CT molecular complexity index is 412. The minimum absolute atomic E-state index is 0.0312. The average Bonchev–Trinajstić information content (AvgIpc) is 2.33. The van der Waals surface area contributed by atoms with Crippen LogP contribution in [0.3, 0.4) is 0 Å². The second kappa shape index (κ2) is 5.37. The number of halogens is 1. The second-order valence-corrected chi connectivity index (χ2v) is 4.80. The van der Waals surface area contributed by atoms with Crippen molar-refractivity contribution < 1.29 is 9.53 Å². The van der Waals surface area contributed by atoms with Gasteiger partial charge in [-0.15, -0.1) is 0 Å². The number of benzene rings is 1. The van der Waals surface area contributed by atoms with E-state index in [0.29, 0.717) is 10.6 Å². The van der Waals surface area contributed by atoms with Crippen molar-refractivity contribution in [1.82, 2.24) is 0 Å². The first-order valence-corrected chi connectivity index (χ1v) is 6.16. The molecule has 0 amide bonds. The van der Waals surface area contributed by atoms with E-state index in [0.717, 1.165) is 25.7 Å². The molecule has 0 aromatic heterocycles. The molecule has 2 nitrogen and oxygen atoms in total. The molecule has 0 radical (unpaired) electrons. The lowest BCUT2D eigenvalue weighted by atomic mass is 9.94. The second-order valence-electron chi connectivity index (χ2n) is 4.36. The first-order valence-electron chi connectivity index (χ1n) is 5.78. The van der Waals surface area contributed by atoms with Gasteiger partial charge in [0.15, 0.2) is 0 Å². The number of allylic oxidation sites excluding steroid dienone is 1. The molecule has 0 heterocycles. The van der Waals surface area contributed by atoms with Crippen LogP contribution < -0.4 is 0 Å². The van der Waals surface area contributed by atoms with Crippen molar-refractivity contribution in [2.75, 3.05) is 0 Å². The van der Waals surface area contributed by atoms with Crippen LogP contribution in [0.2, 0.25) is 5.02 Å². The van der Waals surface area contributed by atoms with Crippen molar-refractivity contribution in [2.45, 2.75) is 31.8 Å². The zero-order chi connectivity index (χ0) is 12.3. The van der Waals surface area contributed by atoms with Gasteiger partial charge in [0.1, 0.15) is 6.10 Å². The van der Waals surface area contributed by atoms with Gasteiger partial charge in [0, 0.05) is 5.02 Å². The van der Waals surface area contributed by atoms with E-state index in [2.05, 4.69) is 6.58 Å². The molecule has 0 spiro atoms. The molecule has 0 N–H and O–H groups in total. The Labute approximate surface area is 106 Å². The van der Waals surface area contributed by atoms with Crippen LogP contribution in [0.1, 0.15) is 36.0 Å². The highest BCUT2D eigenvalue weighted by Crippen LogP contribution is 2.25. The van der Waals surface area contributed by atoms with Crippen molar-refractivity contribution in [3.05, 3.63) is 47.0 Å². The minimum atomic E-state index is -0.265. The fraction of sp³-hybridized carbons (Fsp3) is 0.357. The predicted octanol–water partition coefficient (Wildman–Crippen LogP) is 4.00. The van der Waals surface area contributed by atoms with Gasteiger partial charge in [-0.3, -0.25) is 0 Å². The molecule has 17 heavy (non-hydrogen) atoms. The quantitative estimate of drug-likeness (QED) is 0.586. The predicted molar refractivity (Wildman–Crippen MR) is 68.3 cm³/mol. The minimum Gasteiger partial charge on any atom is -0.459 e. The monoisotopic (exact) mass is 250 g/mol. The van der Waals surface area contributed by atoms with Crippen LogP contribution in [0.15, 0.2) is 36.4 Å². The third-order valence-corrected chi connectivity index (χ3v) is 3.25. The first kappa shape index (κ1) is 12.2. The van der Waals surface area contributed by atoms with Crippen molar-refractivity contribution in [1.29, 1.82) is 0 Å². The van der Waals surface area contributed by atoms with Crippen molar-refractivity contribution >= 4 is 17.6 Å². The molecule has 2 rings (SSSR count). The Balaban J connectivity index is 1.93. The largest absolute Gasteiger partial charge is 0.459 e. The van der Waals surface area contributed by atoms with Gasteiger partial charge in [0.25, 0.3) is 0 Å². The standard InChI is InChI=1S/C14H15ClO2/c1-10-2-8-13(9-3-10)17-14(16)11-4-6-12(15)7-5-11/h4-7,13H,1-3,8-9H2. The van der Waals surface area contributed by atoms with Gasteiger partial charge in [-0.1, -0.05) is 23.8 Å². The van der Waals surface area contributed by atoms with E-state index in [1.54, 1.807) is 24.3 Å². The molecule has 0 atom stereocenters. The van der Waals surface area contributed by atoms with Crippen LogP contribution in [-0.2, 0) is 4.74 Å². The van der Waals surface area contributed by atoms with Gasteiger partial charge >= 0.3 is 5.97 Å². The smallest absolute Gasteiger partial charge is 0.338 e. The molecule has 0 unspecified atom stereocenters. The Morgan fingerprint density at radius 3 is 2.41 bits per heavy atom.